The molecule has 0 radical (unpaired) electrons. The number of carbonyl (C=O) groups excluding carboxylic acids is 2. The maximum atomic E-state index is 12.0. The molecule has 0 spiro atoms. The van der Waals surface area contributed by atoms with Gasteiger partial charge in [-0.15, -0.1) is 0 Å². The average Bonchev–Trinajstić information content (AvgIpc) is 2.74. The highest BCUT2D eigenvalue weighted by Gasteiger charge is 2.30. The molecule has 0 aromatic heterocycles. The summed E-state index contributed by atoms with van der Waals surface area (Å²) in [7, 11) is 2.25. The van der Waals surface area contributed by atoms with Gasteiger partial charge in [0.2, 0.25) is 0 Å². The second kappa shape index (κ2) is 8.56. The van der Waals surface area contributed by atoms with Crippen LogP contribution in [0.15, 0.2) is 93.5 Å². The molecule has 0 bridgehead atoms. The Hall–Kier alpha value is -3.05. The summed E-state index contributed by atoms with van der Waals surface area (Å²) in [6.07, 6.45) is 0. The van der Waals surface area contributed by atoms with Crippen molar-refractivity contribution in [1.82, 2.24) is 0 Å². The van der Waals surface area contributed by atoms with Gasteiger partial charge < -0.3 is 9.47 Å². The molecule has 0 aliphatic carbocycles. The summed E-state index contributed by atoms with van der Waals surface area (Å²) in [5, 5.41) is 0. The summed E-state index contributed by atoms with van der Waals surface area (Å²) >= 11 is 0. The van der Waals surface area contributed by atoms with Gasteiger partial charge in [0.15, 0.2) is 14.7 Å². The van der Waals surface area contributed by atoms with E-state index in [2.05, 4.69) is 0 Å². The van der Waals surface area contributed by atoms with Gasteiger partial charge in [-0.05, 0) is 36.4 Å². The molecule has 5 heteroatoms. The van der Waals surface area contributed by atoms with E-state index < -0.39 is 10.9 Å². The Morgan fingerprint density at radius 2 is 1.07 bits per heavy atom. The van der Waals surface area contributed by atoms with E-state index in [-0.39, 0.29) is 11.9 Å². The van der Waals surface area contributed by atoms with Gasteiger partial charge in [-0.25, -0.2) is 9.59 Å². The number of ether oxygens (including phenoxy) is 2. The van der Waals surface area contributed by atoms with Gasteiger partial charge in [0.25, 0.3) is 0 Å². The first-order valence-electron chi connectivity index (χ1n) is 8.30. The standard InChI is InChI=1S/C22H19O4S/c1-25-21(23)16-8-6-12-19(14-16)27(18-10-4-3-5-11-18)20-13-7-9-17(15-20)22(24)26-2/h3-15H,1-2H3/q+1. The summed E-state index contributed by atoms with van der Waals surface area (Å²) in [4.78, 5) is 26.9. The van der Waals surface area contributed by atoms with Gasteiger partial charge in [0, 0.05) is 12.1 Å². The van der Waals surface area contributed by atoms with Crippen LogP contribution in [0.2, 0.25) is 0 Å². The van der Waals surface area contributed by atoms with Crippen molar-refractivity contribution in [2.45, 2.75) is 14.7 Å². The highest BCUT2D eigenvalue weighted by Crippen LogP contribution is 2.32. The first-order valence-corrected chi connectivity index (χ1v) is 9.52. The van der Waals surface area contributed by atoms with E-state index in [9.17, 15) is 9.59 Å². The molecule has 0 atom stereocenters. The fourth-order valence-corrected chi connectivity index (χ4v) is 4.87. The van der Waals surface area contributed by atoms with E-state index >= 15 is 0 Å². The van der Waals surface area contributed by atoms with Crippen LogP contribution in [0.1, 0.15) is 20.7 Å². The molecule has 136 valence electrons. The van der Waals surface area contributed by atoms with Crippen molar-refractivity contribution in [3.05, 3.63) is 90.0 Å². The number of hydrogen-bond donors (Lipinski definition) is 0. The Morgan fingerprint density at radius 3 is 1.52 bits per heavy atom. The van der Waals surface area contributed by atoms with Crippen molar-refractivity contribution in [2.75, 3.05) is 14.2 Å². The molecule has 0 saturated carbocycles. The highest BCUT2D eigenvalue weighted by atomic mass is 32.2. The molecule has 0 aliphatic rings. The van der Waals surface area contributed by atoms with Crippen LogP contribution in [0.5, 0.6) is 0 Å². The molecule has 0 aliphatic heterocycles. The molecule has 0 heterocycles. The molecule has 3 aromatic carbocycles. The van der Waals surface area contributed by atoms with Crippen molar-refractivity contribution >= 4 is 22.8 Å². The van der Waals surface area contributed by atoms with E-state index in [1.165, 1.54) is 14.2 Å². The second-order valence-electron chi connectivity index (χ2n) is 5.66. The lowest BCUT2D eigenvalue weighted by molar-refractivity contribution is 0.0591. The molecule has 0 fully saturated rings. The molecular formula is C22H19O4S+. The normalized spacial score (nSPS) is 10.5. The van der Waals surface area contributed by atoms with Crippen LogP contribution in [0.3, 0.4) is 0 Å². The van der Waals surface area contributed by atoms with Gasteiger partial charge in [0.05, 0.1) is 36.2 Å². The number of esters is 2. The lowest BCUT2D eigenvalue weighted by Gasteiger charge is -2.10. The van der Waals surface area contributed by atoms with E-state index in [0.717, 1.165) is 14.7 Å². The largest absolute Gasteiger partial charge is 0.465 e. The van der Waals surface area contributed by atoms with E-state index in [4.69, 9.17) is 9.47 Å². The van der Waals surface area contributed by atoms with E-state index in [1.54, 1.807) is 12.1 Å². The van der Waals surface area contributed by atoms with Gasteiger partial charge >= 0.3 is 11.9 Å². The molecule has 4 nitrogen and oxygen atoms in total. The molecule has 27 heavy (non-hydrogen) atoms. The van der Waals surface area contributed by atoms with Crippen molar-refractivity contribution in [3.63, 3.8) is 0 Å². The Morgan fingerprint density at radius 1 is 0.630 bits per heavy atom. The Balaban J connectivity index is 2.14. The SMILES string of the molecule is COC(=O)c1cccc([S+](c2ccccc2)c2cccc(C(=O)OC)c2)c1. The Bertz CT molecular complexity index is 894. The van der Waals surface area contributed by atoms with Crippen molar-refractivity contribution in [1.29, 1.82) is 0 Å². The van der Waals surface area contributed by atoms with Crippen LogP contribution in [-0.2, 0) is 20.4 Å². The highest BCUT2D eigenvalue weighted by molar-refractivity contribution is 7.97. The summed E-state index contributed by atoms with van der Waals surface area (Å²) in [5.74, 6) is -0.756. The topological polar surface area (TPSA) is 52.6 Å². The van der Waals surface area contributed by atoms with Gasteiger partial charge in [-0.2, -0.15) is 0 Å². The van der Waals surface area contributed by atoms with Crippen LogP contribution < -0.4 is 0 Å². The fourth-order valence-electron chi connectivity index (χ4n) is 2.70. The maximum Gasteiger partial charge on any atom is 0.338 e. The van der Waals surface area contributed by atoms with E-state index in [0.29, 0.717) is 11.1 Å². The summed E-state index contributed by atoms with van der Waals surface area (Å²) < 4.78 is 9.70. The number of hydrogen-bond acceptors (Lipinski definition) is 4. The summed E-state index contributed by atoms with van der Waals surface area (Å²) in [6, 6.07) is 24.8. The first-order chi connectivity index (χ1) is 13.1. The number of carbonyl (C=O) groups is 2. The minimum Gasteiger partial charge on any atom is -0.465 e. The van der Waals surface area contributed by atoms with Gasteiger partial charge in [0.1, 0.15) is 0 Å². The number of rotatable bonds is 5. The lowest BCUT2D eigenvalue weighted by Crippen LogP contribution is -2.09. The number of methoxy groups -OCH3 is 2. The van der Waals surface area contributed by atoms with Gasteiger partial charge in [-0.1, -0.05) is 30.3 Å². The predicted molar refractivity (Wildman–Crippen MR) is 104 cm³/mol. The lowest BCUT2D eigenvalue weighted by atomic mass is 10.2. The molecule has 3 rings (SSSR count). The van der Waals surface area contributed by atoms with Crippen molar-refractivity contribution < 1.29 is 19.1 Å². The zero-order chi connectivity index (χ0) is 19.2. The smallest absolute Gasteiger partial charge is 0.338 e. The maximum absolute atomic E-state index is 12.0. The van der Waals surface area contributed by atoms with E-state index in [1.807, 2.05) is 66.7 Å². The van der Waals surface area contributed by atoms with Crippen LogP contribution in [0, 0.1) is 0 Å². The van der Waals surface area contributed by atoms with Crippen LogP contribution >= 0.6 is 0 Å². The van der Waals surface area contributed by atoms with Gasteiger partial charge in [-0.3, -0.25) is 0 Å². The Kier molecular flexibility index (Phi) is 5.94. The summed E-state index contributed by atoms with van der Waals surface area (Å²) in [6.45, 7) is 0. The first kappa shape index (κ1) is 18.7. The minimum absolute atomic E-state index is 0.378. The molecule has 0 saturated heterocycles. The quantitative estimate of drug-likeness (QED) is 0.488. The zero-order valence-electron chi connectivity index (χ0n) is 15.0. The fraction of sp³-hybridized carbons (Fsp3) is 0.0909. The number of benzene rings is 3. The second-order valence-corrected chi connectivity index (χ2v) is 7.68. The zero-order valence-corrected chi connectivity index (χ0v) is 15.9. The van der Waals surface area contributed by atoms with Crippen LogP contribution in [-0.4, -0.2) is 26.2 Å². The molecular weight excluding hydrogens is 360 g/mol. The average molecular weight is 379 g/mol. The van der Waals surface area contributed by atoms with Crippen molar-refractivity contribution in [2.24, 2.45) is 0 Å². The molecule has 0 unspecified atom stereocenters. The predicted octanol–water partition coefficient (Wildman–Crippen LogP) is 4.36. The summed E-state index contributed by atoms with van der Waals surface area (Å²) in [5.41, 5.74) is 0.986. The molecule has 0 N–H and O–H groups in total. The molecule has 0 amide bonds. The molecule has 3 aromatic rings. The Labute approximate surface area is 161 Å². The third-order valence-electron chi connectivity index (χ3n) is 3.96. The third-order valence-corrected chi connectivity index (χ3v) is 6.15. The van der Waals surface area contributed by atoms with Crippen molar-refractivity contribution in [3.8, 4) is 0 Å². The third kappa shape index (κ3) is 4.20. The minimum atomic E-state index is -0.488. The van der Waals surface area contributed by atoms with Crippen LogP contribution in [0.25, 0.3) is 0 Å². The monoisotopic (exact) mass is 379 g/mol. The van der Waals surface area contributed by atoms with Crippen LogP contribution in [0.4, 0.5) is 0 Å².